The van der Waals surface area contributed by atoms with Crippen LogP contribution in [0.15, 0.2) is 89.8 Å². The average Bonchev–Trinajstić information content (AvgIpc) is 2.81. The summed E-state index contributed by atoms with van der Waals surface area (Å²) < 4.78 is 67.6. The van der Waals surface area contributed by atoms with Gasteiger partial charge in [-0.1, -0.05) is 66.7 Å². The molecule has 174 valence electrons. The first-order chi connectivity index (χ1) is 15.6. The molecule has 0 aliphatic heterocycles. The van der Waals surface area contributed by atoms with Crippen LogP contribution in [0.25, 0.3) is 0 Å². The SMILES string of the molecule is O=C(NO)[C@H](Cc1ccccc1)N(Cc1ccccc1)S(=O)(=O)c1cccc(C(F)(F)F)c1. The molecule has 0 saturated carbocycles. The van der Waals surface area contributed by atoms with Crippen LogP contribution in [0.3, 0.4) is 0 Å². The molecule has 0 spiro atoms. The van der Waals surface area contributed by atoms with E-state index in [9.17, 15) is 31.6 Å². The molecular weight excluding hydrogens is 457 g/mol. The largest absolute Gasteiger partial charge is 0.416 e. The first-order valence-electron chi connectivity index (χ1n) is 9.84. The maximum Gasteiger partial charge on any atom is 0.416 e. The summed E-state index contributed by atoms with van der Waals surface area (Å²) in [6.45, 7) is -0.301. The molecule has 1 atom stereocenters. The van der Waals surface area contributed by atoms with E-state index < -0.39 is 38.6 Å². The molecule has 0 saturated heterocycles. The standard InChI is InChI=1S/C23H21F3N2O4S/c24-23(25,26)19-12-7-13-20(15-19)33(31,32)28(16-18-10-5-2-6-11-18)21(22(29)27-30)14-17-8-3-1-4-9-17/h1-13,15,21,30H,14,16H2,(H,27,29)/t21-/m0/s1. The van der Waals surface area contributed by atoms with Gasteiger partial charge in [0.25, 0.3) is 5.91 Å². The van der Waals surface area contributed by atoms with Crippen LogP contribution in [0.2, 0.25) is 0 Å². The van der Waals surface area contributed by atoms with Crippen LogP contribution < -0.4 is 5.48 Å². The number of benzene rings is 3. The number of carbonyl (C=O) groups excluding carboxylic acids is 1. The molecule has 0 bridgehead atoms. The topological polar surface area (TPSA) is 86.7 Å². The van der Waals surface area contributed by atoms with E-state index in [1.165, 1.54) is 5.48 Å². The Morgan fingerprint density at radius 3 is 2.03 bits per heavy atom. The fourth-order valence-corrected chi connectivity index (χ4v) is 4.95. The Labute approximate surface area is 189 Å². The predicted octanol–water partition coefficient (Wildman–Crippen LogP) is 4.01. The number of amides is 1. The van der Waals surface area contributed by atoms with Crippen LogP contribution >= 0.6 is 0 Å². The molecule has 1 amide bonds. The Kier molecular flexibility index (Phi) is 7.52. The van der Waals surface area contributed by atoms with Crippen molar-refractivity contribution in [3.05, 3.63) is 102 Å². The summed E-state index contributed by atoms with van der Waals surface area (Å²) in [5.74, 6) is -1.01. The zero-order valence-corrected chi connectivity index (χ0v) is 18.1. The zero-order chi connectivity index (χ0) is 24.1. The molecule has 0 fully saturated rings. The van der Waals surface area contributed by atoms with Gasteiger partial charge >= 0.3 is 6.18 Å². The van der Waals surface area contributed by atoms with Gasteiger partial charge < -0.3 is 0 Å². The highest BCUT2D eigenvalue weighted by Crippen LogP contribution is 2.32. The first kappa shape index (κ1) is 24.4. The van der Waals surface area contributed by atoms with Gasteiger partial charge in [-0.3, -0.25) is 10.0 Å². The highest BCUT2D eigenvalue weighted by molar-refractivity contribution is 7.89. The second-order valence-corrected chi connectivity index (χ2v) is 9.13. The lowest BCUT2D eigenvalue weighted by molar-refractivity contribution is -0.137. The summed E-state index contributed by atoms with van der Waals surface area (Å²) in [5, 5.41) is 9.32. The molecule has 6 nitrogen and oxygen atoms in total. The molecule has 3 aromatic rings. The lowest BCUT2D eigenvalue weighted by Gasteiger charge is -2.30. The van der Waals surface area contributed by atoms with Gasteiger partial charge in [0.1, 0.15) is 6.04 Å². The lowest BCUT2D eigenvalue weighted by atomic mass is 10.0. The Balaban J connectivity index is 2.12. The van der Waals surface area contributed by atoms with Crippen molar-refractivity contribution in [2.24, 2.45) is 0 Å². The zero-order valence-electron chi connectivity index (χ0n) is 17.2. The van der Waals surface area contributed by atoms with Crippen molar-refractivity contribution in [1.82, 2.24) is 9.79 Å². The molecule has 0 aliphatic rings. The highest BCUT2D eigenvalue weighted by Gasteiger charge is 2.38. The molecule has 0 aliphatic carbocycles. The van der Waals surface area contributed by atoms with Crippen LogP contribution in [0.5, 0.6) is 0 Å². The van der Waals surface area contributed by atoms with Crippen molar-refractivity contribution >= 4 is 15.9 Å². The molecule has 10 heteroatoms. The van der Waals surface area contributed by atoms with E-state index in [1.807, 2.05) is 0 Å². The van der Waals surface area contributed by atoms with E-state index in [-0.39, 0.29) is 13.0 Å². The van der Waals surface area contributed by atoms with Crippen LogP contribution in [-0.2, 0) is 34.0 Å². The maximum atomic E-state index is 13.6. The van der Waals surface area contributed by atoms with Gasteiger partial charge in [-0.05, 0) is 35.7 Å². The number of nitrogens with zero attached hydrogens (tertiary/aromatic N) is 1. The number of carbonyl (C=O) groups is 1. The van der Waals surface area contributed by atoms with Crippen molar-refractivity contribution in [3.63, 3.8) is 0 Å². The highest BCUT2D eigenvalue weighted by atomic mass is 32.2. The monoisotopic (exact) mass is 478 g/mol. The summed E-state index contributed by atoms with van der Waals surface area (Å²) >= 11 is 0. The van der Waals surface area contributed by atoms with Crippen molar-refractivity contribution in [1.29, 1.82) is 0 Å². The van der Waals surface area contributed by atoms with Crippen LogP contribution in [0, 0.1) is 0 Å². The molecule has 3 rings (SSSR count). The molecule has 0 heterocycles. The summed E-state index contributed by atoms with van der Waals surface area (Å²) in [6, 6.07) is 18.7. The van der Waals surface area contributed by atoms with Crippen LogP contribution in [0.1, 0.15) is 16.7 Å². The van der Waals surface area contributed by atoms with Crippen molar-refractivity contribution < 1.29 is 31.6 Å². The summed E-state index contributed by atoms with van der Waals surface area (Å²) in [5.41, 5.74) is 1.47. The number of hydroxylamine groups is 1. The van der Waals surface area contributed by atoms with E-state index in [2.05, 4.69) is 0 Å². The Morgan fingerprint density at radius 1 is 0.909 bits per heavy atom. The van der Waals surface area contributed by atoms with E-state index in [0.29, 0.717) is 17.2 Å². The van der Waals surface area contributed by atoms with E-state index in [4.69, 9.17) is 0 Å². The minimum atomic E-state index is -4.75. The molecular formula is C23H21F3N2O4S. The van der Waals surface area contributed by atoms with Gasteiger partial charge in [0, 0.05) is 6.54 Å². The van der Waals surface area contributed by atoms with Crippen molar-refractivity contribution in [2.45, 2.75) is 30.1 Å². The number of hydrogen-bond donors (Lipinski definition) is 2. The van der Waals surface area contributed by atoms with Gasteiger partial charge in [0.15, 0.2) is 0 Å². The third-order valence-corrected chi connectivity index (χ3v) is 6.83. The van der Waals surface area contributed by atoms with Crippen LogP contribution in [-0.4, -0.2) is 29.9 Å². The number of alkyl halides is 3. The van der Waals surface area contributed by atoms with Crippen LogP contribution in [0.4, 0.5) is 13.2 Å². The Morgan fingerprint density at radius 2 is 1.48 bits per heavy atom. The summed E-state index contributed by atoms with van der Waals surface area (Å²) in [4.78, 5) is 12.0. The van der Waals surface area contributed by atoms with Gasteiger partial charge in [0.05, 0.1) is 10.5 Å². The van der Waals surface area contributed by atoms with Gasteiger partial charge in [0.2, 0.25) is 10.0 Å². The molecule has 2 N–H and O–H groups in total. The number of halogens is 3. The van der Waals surface area contributed by atoms with Crippen molar-refractivity contribution in [3.8, 4) is 0 Å². The molecule has 3 aromatic carbocycles. The summed E-state index contributed by atoms with van der Waals surface area (Å²) in [6.07, 6.45) is -4.86. The van der Waals surface area contributed by atoms with E-state index >= 15 is 0 Å². The second kappa shape index (κ2) is 10.2. The minimum Gasteiger partial charge on any atom is -0.289 e. The normalized spacial score (nSPS) is 13.0. The smallest absolute Gasteiger partial charge is 0.289 e. The number of hydrogen-bond acceptors (Lipinski definition) is 4. The number of sulfonamides is 1. The number of rotatable bonds is 8. The molecule has 0 unspecified atom stereocenters. The van der Waals surface area contributed by atoms with Gasteiger partial charge in [-0.25, -0.2) is 13.9 Å². The quantitative estimate of drug-likeness (QED) is 0.378. The van der Waals surface area contributed by atoms with Gasteiger partial charge in [-0.2, -0.15) is 17.5 Å². The van der Waals surface area contributed by atoms with E-state index in [1.54, 1.807) is 60.7 Å². The fraction of sp³-hybridized carbons (Fsp3) is 0.174. The van der Waals surface area contributed by atoms with Crippen molar-refractivity contribution in [2.75, 3.05) is 0 Å². The third-order valence-electron chi connectivity index (χ3n) is 4.98. The Bertz CT molecular complexity index is 1190. The first-order valence-corrected chi connectivity index (χ1v) is 11.3. The predicted molar refractivity (Wildman–Crippen MR) is 114 cm³/mol. The number of nitrogens with one attached hydrogen (secondary N) is 1. The molecule has 0 radical (unpaired) electrons. The maximum absolute atomic E-state index is 13.6. The average molecular weight is 478 g/mol. The van der Waals surface area contributed by atoms with Gasteiger partial charge in [-0.15, -0.1) is 0 Å². The third kappa shape index (κ3) is 5.98. The minimum absolute atomic E-state index is 0.113. The second-order valence-electron chi connectivity index (χ2n) is 7.24. The molecule has 33 heavy (non-hydrogen) atoms. The Hall–Kier alpha value is -3.21. The lowest BCUT2D eigenvalue weighted by Crippen LogP contribution is -2.49. The molecule has 0 aromatic heterocycles. The fourth-order valence-electron chi connectivity index (χ4n) is 3.33. The van der Waals surface area contributed by atoms with E-state index in [0.717, 1.165) is 22.5 Å². The summed E-state index contributed by atoms with van der Waals surface area (Å²) in [7, 11) is -4.60.